The number of benzene rings is 1. The molecule has 1 heterocycles. The van der Waals surface area contributed by atoms with Crippen molar-refractivity contribution in [3.63, 3.8) is 0 Å². The van der Waals surface area contributed by atoms with Crippen molar-refractivity contribution in [1.29, 1.82) is 0 Å². The third-order valence-corrected chi connectivity index (χ3v) is 4.96. The van der Waals surface area contributed by atoms with Gasteiger partial charge in [-0.15, -0.1) is 0 Å². The molecule has 20 heavy (non-hydrogen) atoms. The molecular formula is C16H21N3S. The number of likely N-dealkylation sites (N-methyl/N-ethyl adjacent to an activating group) is 1. The molecule has 106 valence electrons. The van der Waals surface area contributed by atoms with Gasteiger partial charge in [0.2, 0.25) is 0 Å². The zero-order chi connectivity index (χ0) is 14.2. The minimum atomic E-state index is 0.268. The number of imidazole rings is 1. The average Bonchev–Trinajstić information content (AvgIpc) is 2.75. The maximum Gasteiger partial charge on any atom is 0.177 e. The smallest absolute Gasteiger partial charge is 0.177 e. The van der Waals surface area contributed by atoms with Crippen LogP contribution in [-0.4, -0.2) is 34.1 Å². The molecule has 3 rings (SSSR count). The van der Waals surface area contributed by atoms with Gasteiger partial charge < -0.3 is 14.5 Å². The second-order valence-corrected chi connectivity index (χ2v) is 6.29. The van der Waals surface area contributed by atoms with Gasteiger partial charge in [0, 0.05) is 18.3 Å². The maximum absolute atomic E-state index is 5.49. The predicted octanol–water partition coefficient (Wildman–Crippen LogP) is 3.70. The van der Waals surface area contributed by atoms with Crippen LogP contribution in [0.2, 0.25) is 0 Å². The van der Waals surface area contributed by atoms with E-state index >= 15 is 0 Å². The summed E-state index contributed by atoms with van der Waals surface area (Å²) >= 11 is 5.49. The van der Waals surface area contributed by atoms with Crippen molar-refractivity contribution in [2.45, 2.75) is 31.3 Å². The molecule has 1 N–H and O–H groups in total. The van der Waals surface area contributed by atoms with Crippen molar-refractivity contribution < 1.29 is 0 Å². The second kappa shape index (κ2) is 5.19. The maximum atomic E-state index is 5.49. The molecule has 1 aliphatic rings. The lowest BCUT2D eigenvalue weighted by molar-refractivity contribution is 0.0424. The molecule has 0 aliphatic heterocycles. The van der Waals surface area contributed by atoms with Crippen LogP contribution in [0.25, 0.3) is 11.3 Å². The van der Waals surface area contributed by atoms with E-state index in [1.54, 1.807) is 0 Å². The minimum absolute atomic E-state index is 0.268. The van der Waals surface area contributed by atoms with E-state index in [1.165, 1.54) is 30.5 Å². The van der Waals surface area contributed by atoms with Crippen LogP contribution in [0.5, 0.6) is 0 Å². The molecule has 1 fully saturated rings. The van der Waals surface area contributed by atoms with Crippen LogP contribution in [-0.2, 0) is 6.54 Å². The molecule has 1 saturated carbocycles. The van der Waals surface area contributed by atoms with Crippen LogP contribution < -0.4 is 0 Å². The molecule has 0 unspecified atom stereocenters. The first kappa shape index (κ1) is 13.6. The highest BCUT2D eigenvalue weighted by Gasteiger charge is 2.39. The number of nitrogens with zero attached hydrogens (tertiary/aromatic N) is 2. The fraction of sp³-hybridized carbons (Fsp3) is 0.438. The molecule has 3 nitrogen and oxygen atoms in total. The lowest BCUT2D eigenvalue weighted by Gasteiger charge is -2.47. The molecule has 1 aromatic heterocycles. The highest BCUT2D eigenvalue weighted by molar-refractivity contribution is 7.71. The Morgan fingerprint density at radius 3 is 2.50 bits per heavy atom. The molecule has 1 aromatic carbocycles. The summed E-state index contributed by atoms with van der Waals surface area (Å²) in [6.45, 7) is 0.965. The van der Waals surface area contributed by atoms with Gasteiger partial charge in [0.1, 0.15) is 0 Å². The van der Waals surface area contributed by atoms with Crippen molar-refractivity contribution in [3.05, 3.63) is 41.3 Å². The summed E-state index contributed by atoms with van der Waals surface area (Å²) in [5.74, 6) is 0. The summed E-state index contributed by atoms with van der Waals surface area (Å²) in [5.41, 5.74) is 2.67. The zero-order valence-corrected chi connectivity index (χ0v) is 12.9. The van der Waals surface area contributed by atoms with Crippen molar-refractivity contribution in [2.75, 3.05) is 14.1 Å². The molecular weight excluding hydrogens is 266 g/mol. The van der Waals surface area contributed by atoms with E-state index in [4.69, 9.17) is 12.2 Å². The van der Waals surface area contributed by atoms with Crippen LogP contribution in [0, 0.1) is 4.77 Å². The summed E-state index contributed by atoms with van der Waals surface area (Å²) in [4.78, 5) is 5.57. The average molecular weight is 287 g/mol. The summed E-state index contributed by atoms with van der Waals surface area (Å²) in [5, 5.41) is 0. The number of hydrogen-bond donors (Lipinski definition) is 1. The molecule has 0 spiro atoms. The van der Waals surface area contributed by atoms with Crippen molar-refractivity contribution in [2.24, 2.45) is 0 Å². The number of aromatic nitrogens is 2. The van der Waals surface area contributed by atoms with Crippen molar-refractivity contribution >= 4 is 12.2 Å². The van der Waals surface area contributed by atoms with E-state index in [0.717, 1.165) is 11.3 Å². The van der Waals surface area contributed by atoms with Gasteiger partial charge in [-0.05, 0) is 51.1 Å². The Balaban J connectivity index is 1.98. The minimum Gasteiger partial charge on any atom is -0.337 e. The Kier molecular flexibility index (Phi) is 3.52. The van der Waals surface area contributed by atoms with Crippen LogP contribution in [0.3, 0.4) is 0 Å². The number of aromatic amines is 1. The number of rotatable bonds is 4. The van der Waals surface area contributed by atoms with E-state index in [1.807, 2.05) is 12.3 Å². The zero-order valence-electron chi connectivity index (χ0n) is 12.1. The lowest BCUT2D eigenvalue weighted by atomic mass is 9.75. The standard InChI is InChI=1S/C16H21N3S/c1-18(2)16(9-6-10-16)12-19-14(11-17-15(19)20)13-7-4-3-5-8-13/h3-5,7-8,11H,6,9-10,12H2,1-2H3,(H,17,20). The second-order valence-electron chi connectivity index (χ2n) is 5.90. The Morgan fingerprint density at radius 2 is 1.95 bits per heavy atom. The highest BCUT2D eigenvalue weighted by Crippen LogP contribution is 2.38. The van der Waals surface area contributed by atoms with Crippen molar-refractivity contribution in [1.82, 2.24) is 14.5 Å². The van der Waals surface area contributed by atoms with Crippen LogP contribution >= 0.6 is 12.2 Å². The van der Waals surface area contributed by atoms with Gasteiger partial charge in [-0.25, -0.2) is 0 Å². The number of hydrogen-bond acceptors (Lipinski definition) is 2. The molecule has 0 saturated heterocycles. The number of H-pyrrole nitrogens is 1. The SMILES string of the molecule is CN(C)C1(Cn2c(-c3ccccc3)c[nH]c2=S)CCC1. The molecule has 0 radical (unpaired) electrons. The fourth-order valence-corrected chi connectivity index (χ4v) is 3.25. The summed E-state index contributed by atoms with van der Waals surface area (Å²) in [6, 6.07) is 10.5. The molecule has 0 atom stereocenters. The van der Waals surface area contributed by atoms with Gasteiger partial charge in [-0.2, -0.15) is 0 Å². The predicted molar refractivity (Wildman–Crippen MR) is 85.3 cm³/mol. The Bertz CT molecular complexity index is 635. The Labute approximate surface area is 125 Å². The van der Waals surface area contributed by atoms with Gasteiger partial charge in [0.25, 0.3) is 0 Å². The van der Waals surface area contributed by atoms with Crippen LogP contribution in [0.4, 0.5) is 0 Å². The van der Waals surface area contributed by atoms with Gasteiger partial charge >= 0.3 is 0 Å². The Hall–Kier alpha value is -1.39. The number of nitrogens with one attached hydrogen (secondary N) is 1. The first-order valence-corrected chi connectivity index (χ1v) is 7.54. The van der Waals surface area contributed by atoms with E-state index < -0.39 is 0 Å². The van der Waals surface area contributed by atoms with E-state index in [2.05, 4.69) is 52.8 Å². The largest absolute Gasteiger partial charge is 0.337 e. The van der Waals surface area contributed by atoms with Gasteiger partial charge in [-0.3, -0.25) is 0 Å². The first-order chi connectivity index (χ1) is 9.62. The highest BCUT2D eigenvalue weighted by atomic mass is 32.1. The van der Waals surface area contributed by atoms with E-state index in [9.17, 15) is 0 Å². The molecule has 0 amide bonds. The summed E-state index contributed by atoms with van der Waals surface area (Å²) < 4.78 is 3.07. The molecule has 0 bridgehead atoms. The molecule has 2 aromatic rings. The fourth-order valence-electron chi connectivity index (χ4n) is 3.03. The molecule has 4 heteroatoms. The van der Waals surface area contributed by atoms with E-state index in [0.29, 0.717) is 0 Å². The monoisotopic (exact) mass is 287 g/mol. The van der Waals surface area contributed by atoms with Gasteiger partial charge in [0.15, 0.2) is 4.77 Å². The lowest BCUT2D eigenvalue weighted by Crippen LogP contribution is -2.53. The first-order valence-electron chi connectivity index (χ1n) is 7.13. The normalized spacial score (nSPS) is 17.1. The quantitative estimate of drug-likeness (QED) is 0.867. The third-order valence-electron chi connectivity index (χ3n) is 4.62. The van der Waals surface area contributed by atoms with Crippen molar-refractivity contribution in [3.8, 4) is 11.3 Å². The van der Waals surface area contributed by atoms with Crippen LogP contribution in [0.15, 0.2) is 36.5 Å². The van der Waals surface area contributed by atoms with Gasteiger partial charge in [-0.1, -0.05) is 30.3 Å². The van der Waals surface area contributed by atoms with Crippen LogP contribution in [0.1, 0.15) is 19.3 Å². The van der Waals surface area contributed by atoms with Gasteiger partial charge in [0.05, 0.1) is 5.69 Å². The molecule has 1 aliphatic carbocycles. The third kappa shape index (κ3) is 2.23. The summed E-state index contributed by atoms with van der Waals surface area (Å²) in [6.07, 6.45) is 5.85. The topological polar surface area (TPSA) is 24.0 Å². The summed E-state index contributed by atoms with van der Waals surface area (Å²) in [7, 11) is 4.36. The Morgan fingerprint density at radius 1 is 1.25 bits per heavy atom. The van der Waals surface area contributed by atoms with E-state index in [-0.39, 0.29) is 5.54 Å².